The molecule has 1 heterocycles. The van der Waals surface area contributed by atoms with E-state index in [1.807, 2.05) is 12.3 Å². The number of nitrogens with zero attached hydrogens (tertiary/aromatic N) is 1. The van der Waals surface area contributed by atoms with E-state index in [1.165, 1.54) is 6.26 Å². The van der Waals surface area contributed by atoms with Crippen molar-refractivity contribution in [1.29, 1.82) is 0 Å². The van der Waals surface area contributed by atoms with E-state index in [9.17, 15) is 8.42 Å². The van der Waals surface area contributed by atoms with Gasteiger partial charge in [-0.25, -0.2) is 18.1 Å². The zero-order valence-corrected chi connectivity index (χ0v) is 11.1. The molecule has 1 rings (SSSR count). The Morgan fingerprint density at radius 1 is 1.44 bits per heavy atom. The molecule has 0 spiro atoms. The third kappa shape index (κ3) is 6.16. The van der Waals surface area contributed by atoms with E-state index in [0.29, 0.717) is 6.54 Å². The molecule has 0 unspecified atom stereocenters. The van der Waals surface area contributed by atoms with Crippen LogP contribution in [0.2, 0.25) is 0 Å². The summed E-state index contributed by atoms with van der Waals surface area (Å²) in [6.45, 7) is 3.97. The molecular weight excluding hydrogens is 246 g/mol. The summed E-state index contributed by atoms with van der Waals surface area (Å²) >= 11 is 1.63. The number of rotatable bonds is 7. The number of sulfonamides is 1. The van der Waals surface area contributed by atoms with Crippen molar-refractivity contribution < 1.29 is 8.42 Å². The fraction of sp³-hybridized carbons (Fsp3) is 0.667. The van der Waals surface area contributed by atoms with Gasteiger partial charge in [0.05, 0.1) is 17.0 Å². The second-order valence-electron chi connectivity index (χ2n) is 3.55. The molecule has 0 saturated carbocycles. The number of thiazole rings is 1. The van der Waals surface area contributed by atoms with Gasteiger partial charge in [0.25, 0.3) is 0 Å². The van der Waals surface area contributed by atoms with Crippen molar-refractivity contribution in [3.63, 3.8) is 0 Å². The normalized spacial score (nSPS) is 11.9. The number of aromatic nitrogens is 1. The van der Waals surface area contributed by atoms with Crippen molar-refractivity contribution in [2.75, 3.05) is 19.3 Å². The molecule has 0 aliphatic carbocycles. The van der Waals surface area contributed by atoms with Crippen LogP contribution in [0.3, 0.4) is 0 Å². The summed E-state index contributed by atoms with van der Waals surface area (Å²) in [5.74, 6) is 0. The summed E-state index contributed by atoms with van der Waals surface area (Å²) in [7, 11) is -3.05. The second-order valence-corrected chi connectivity index (χ2v) is 6.45. The summed E-state index contributed by atoms with van der Waals surface area (Å²) in [5, 5.41) is 6.30. The molecule has 0 radical (unpaired) electrons. The van der Waals surface area contributed by atoms with Crippen molar-refractivity contribution in [2.45, 2.75) is 19.9 Å². The molecule has 0 amide bonds. The van der Waals surface area contributed by atoms with Crippen molar-refractivity contribution in [2.24, 2.45) is 0 Å². The Bertz CT molecular complexity index is 414. The highest BCUT2D eigenvalue weighted by atomic mass is 32.2. The lowest BCUT2D eigenvalue weighted by Crippen LogP contribution is -2.26. The van der Waals surface area contributed by atoms with Crippen LogP contribution in [0.5, 0.6) is 0 Å². The predicted octanol–water partition coefficient (Wildman–Crippen LogP) is 0.480. The Labute approximate surface area is 100 Å². The molecule has 7 heteroatoms. The van der Waals surface area contributed by atoms with Crippen molar-refractivity contribution in [3.05, 3.63) is 16.1 Å². The maximum absolute atomic E-state index is 10.7. The molecule has 0 aliphatic heterocycles. The molecule has 0 aliphatic rings. The zero-order valence-electron chi connectivity index (χ0n) is 9.49. The van der Waals surface area contributed by atoms with Crippen LogP contribution in [0.1, 0.15) is 17.1 Å². The topological polar surface area (TPSA) is 71.1 Å². The van der Waals surface area contributed by atoms with Gasteiger partial charge in [-0.2, -0.15) is 0 Å². The highest BCUT2D eigenvalue weighted by Gasteiger charge is 1.99. The zero-order chi connectivity index (χ0) is 12.0. The van der Waals surface area contributed by atoms with Crippen LogP contribution >= 0.6 is 11.3 Å². The Balaban J connectivity index is 2.04. The molecule has 1 aromatic heterocycles. The molecule has 16 heavy (non-hydrogen) atoms. The quantitative estimate of drug-likeness (QED) is 0.702. The maximum atomic E-state index is 10.7. The average molecular weight is 263 g/mol. The Morgan fingerprint density at radius 3 is 2.75 bits per heavy atom. The minimum Gasteiger partial charge on any atom is -0.311 e. The summed E-state index contributed by atoms with van der Waals surface area (Å²) < 4.78 is 23.9. The third-order valence-electron chi connectivity index (χ3n) is 1.87. The molecule has 92 valence electrons. The molecule has 0 saturated heterocycles. The van der Waals surface area contributed by atoms with Crippen LogP contribution in [-0.2, 0) is 16.6 Å². The van der Waals surface area contributed by atoms with Gasteiger partial charge in [-0.1, -0.05) is 0 Å². The number of hydrogen-bond donors (Lipinski definition) is 2. The van der Waals surface area contributed by atoms with E-state index in [-0.39, 0.29) is 0 Å². The summed E-state index contributed by atoms with van der Waals surface area (Å²) in [6, 6.07) is 0. The summed E-state index contributed by atoms with van der Waals surface area (Å²) in [5.41, 5.74) is 1.04. The van der Waals surface area contributed by atoms with Gasteiger partial charge in [0.1, 0.15) is 0 Å². The summed E-state index contributed by atoms with van der Waals surface area (Å²) in [4.78, 5) is 4.31. The van der Waals surface area contributed by atoms with Gasteiger partial charge in [0.2, 0.25) is 10.0 Å². The lowest BCUT2D eigenvalue weighted by molar-refractivity contribution is 0.578. The third-order valence-corrected chi connectivity index (χ3v) is 3.42. The molecular formula is C9H17N3O2S2. The minimum atomic E-state index is -3.05. The maximum Gasteiger partial charge on any atom is 0.208 e. The van der Waals surface area contributed by atoms with Gasteiger partial charge in [0.15, 0.2) is 0 Å². The molecule has 0 fully saturated rings. The molecule has 1 aromatic rings. The van der Waals surface area contributed by atoms with Gasteiger partial charge >= 0.3 is 0 Å². The largest absolute Gasteiger partial charge is 0.311 e. The van der Waals surface area contributed by atoms with Gasteiger partial charge in [-0.3, -0.25) is 0 Å². The molecule has 0 aromatic carbocycles. The SMILES string of the molecule is Cc1nc(CNCCCNS(C)(=O)=O)cs1. The monoisotopic (exact) mass is 263 g/mol. The van der Waals surface area contributed by atoms with Crippen molar-refractivity contribution >= 4 is 21.4 Å². The van der Waals surface area contributed by atoms with Gasteiger partial charge in [-0.05, 0) is 19.9 Å². The van der Waals surface area contributed by atoms with Gasteiger partial charge in [-0.15, -0.1) is 11.3 Å². The number of hydrogen-bond acceptors (Lipinski definition) is 5. The van der Waals surface area contributed by atoms with E-state index in [0.717, 1.165) is 30.2 Å². The van der Waals surface area contributed by atoms with Crippen LogP contribution in [0.25, 0.3) is 0 Å². The van der Waals surface area contributed by atoms with Crippen molar-refractivity contribution in [3.8, 4) is 0 Å². The van der Waals surface area contributed by atoms with Crippen LogP contribution < -0.4 is 10.0 Å². The van der Waals surface area contributed by atoms with Crippen LogP contribution in [0, 0.1) is 6.92 Å². The Hall–Kier alpha value is -0.500. The highest BCUT2D eigenvalue weighted by molar-refractivity contribution is 7.88. The van der Waals surface area contributed by atoms with Gasteiger partial charge < -0.3 is 5.32 Å². The van der Waals surface area contributed by atoms with E-state index in [1.54, 1.807) is 11.3 Å². The molecule has 0 bridgehead atoms. The molecule has 5 nitrogen and oxygen atoms in total. The fourth-order valence-electron chi connectivity index (χ4n) is 1.18. The first-order valence-corrected chi connectivity index (χ1v) is 7.81. The Morgan fingerprint density at radius 2 is 2.19 bits per heavy atom. The van der Waals surface area contributed by atoms with E-state index in [2.05, 4.69) is 15.0 Å². The van der Waals surface area contributed by atoms with Gasteiger partial charge in [0, 0.05) is 18.5 Å². The van der Waals surface area contributed by atoms with Crippen molar-refractivity contribution in [1.82, 2.24) is 15.0 Å². The first-order valence-electron chi connectivity index (χ1n) is 5.04. The lowest BCUT2D eigenvalue weighted by Gasteiger charge is -2.03. The van der Waals surface area contributed by atoms with Crippen LogP contribution in [0.4, 0.5) is 0 Å². The predicted molar refractivity (Wildman–Crippen MR) is 66.0 cm³/mol. The first-order chi connectivity index (χ1) is 7.47. The Kier molecular flexibility index (Phi) is 5.33. The number of aryl methyl sites for hydroxylation is 1. The summed E-state index contributed by atoms with van der Waals surface area (Å²) in [6.07, 6.45) is 1.94. The minimum absolute atomic E-state index is 0.474. The number of nitrogens with one attached hydrogen (secondary N) is 2. The molecule has 2 N–H and O–H groups in total. The molecule has 0 atom stereocenters. The van der Waals surface area contributed by atoms with E-state index < -0.39 is 10.0 Å². The average Bonchev–Trinajstić information content (AvgIpc) is 2.56. The standard InChI is InChI=1S/C9H17N3O2S2/c1-8-12-9(7-15-8)6-10-4-3-5-11-16(2,13)14/h7,10-11H,3-6H2,1-2H3. The first kappa shape index (κ1) is 13.6. The van der Waals surface area contributed by atoms with Crippen LogP contribution in [-0.4, -0.2) is 32.7 Å². The fourth-order valence-corrected chi connectivity index (χ4v) is 2.30. The second kappa shape index (κ2) is 6.29. The lowest BCUT2D eigenvalue weighted by atomic mass is 10.4. The van der Waals surface area contributed by atoms with Crippen LogP contribution in [0.15, 0.2) is 5.38 Å². The smallest absolute Gasteiger partial charge is 0.208 e. The van der Waals surface area contributed by atoms with E-state index >= 15 is 0 Å². The highest BCUT2D eigenvalue weighted by Crippen LogP contribution is 2.06. The van der Waals surface area contributed by atoms with E-state index in [4.69, 9.17) is 0 Å².